The molecule has 0 saturated carbocycles. The van der Waals surface area contributed by atoms with E-state index in [4.69, 9.17) is 9.72 Å². The topological polar surface area (TPSA) is 44.4 Å². The highest BCUT2D eigenvalue weighted by molar-refractivity contribution is 5.91. The number of aromatic amines is 1. The largest absolute Gasteiger partial charge is 0.492 e. The van der Waals surface area contributed by atoms with E-state index >= 15 is 0 Å². The molecule has 164 valence electrons. The van der Waals surface area contributed by atoms with Crippen molar-refractivity contribution in [1.82, 2.24) is 14.9 Å². The van der Waals surface area contributed by atoms with Gasteiger partial charge >= 0.3 is 0 Å². The summed E-state index contributed by atoms with van der Waals surface area (Å²) in [4.78, 5) is 13.4. The van der Waals surface area contributed by atoms with Gasteiger partial charge in [-0.25, -0.2) is 4.98 Å². The van der Waals surface area contributed by atoms with Gasteiger partial charge in [0.2, 0.25) is 0 Å². The molecule has 0 unspecified atom stereocenters. The Bertz CT molecular complexity index is 1150. The Morgan fingerprint density at radius 1 is 0.875 bits per heavy atom. The van der Waals surface area contributed by atoms with Gasteiger partial charge in [-0.1, -0.05) is 55.5 Å². The number of aryl methyl sites for hydroxylation is 1. The summed E-state index contributed by atoms with van der Waals surface area (Å²) in [5, 5.41) is 0. The summed E-state index contributed by atoms with van der Waals surface area (Å²) in [6, 6.07) is 25.2. The molecule has 4 aromatic rings. The van der Waals surface area contributed by atoms with Crippen molar-refractivity contribution in [2.75, 3.05) is 44.2 Å². The van der Waals surface area contributed by atoms with Gasteiger partial charge in [0, 0.05) is 38.3 Å². The lowest BCUT2D eigenvalue weighted by atomic mass is 10.1. The molecule has 0 radical (unpaired) electrons. The maximum absolute atomic E-state index is 5.87. The van der Waals surface area contributed by atoms with E-state index in [-0.39, 0.29) is 0 Å². The fourth-order valence-electron chi connectivity index (χ4n) is 4.33. The van der Waals surface area contributed by atoms with Crippen LogP contribution in [0.1, 0.15) is 12.5 Å². The van der Waals surface area contributed by atoms with Crippen LogP contribution in [0.25, 0.3) is 22.4 Å². The van der Waals surface area contributed by atoms with Crippen LogP contribution in [-0.2, 0) is 6.42 Å². The average Bonchev–Trinajstić information content (AvgIpc) is 3.30. The molecule has 5 heteroatoms. The molecule has 0 atom stereocenters. The fourth-order valence-corrected chi connectivity index (χ4v) is 4.33. The van der Waals surface area contributed by atoms with Crippen LogP contribution in [0.4, 0.5) is 5.69 Å². The van der Waals surface area contributed by atoms with Crippen LogP contribution in [0.5, 0.6) is 5.75 Å². The molecular formula is C27H30N4O. The van der Waals surface area contributed by atoms with E-state index in [2.05, 4.69) is 64.2 Å². The Balaban J connectivity index is 1.23. The lowest BCUT2D eigenvalue weighted by molar-refractivity contribution is 0.200. The van der Waals surface area contributed by atoms with E-state index in [1.807, 2.05) is 30.3 Å². The molecule has 0 bridgehead atoms. The minimum atomic E-state index is 0.721. The van der Waals surface area contributed by atoms with Crippen LogP contribution >= 0.6 is 0 Å². The molecule has 5 rings (SSSR count). The smallest absolute Gasteiger partial charge is 0.138 e. The third-order valence-corrected chi connectivity index (χ3v) is 6.26. The van der Waals surface area contributed by atoms with Gasteiger partial charge in [-0.05, 0) is 36.2 Å². The number of hydrogen-bond acceptors (Lipinski definition) is 4. The van der Waals surface area contributed by atoms with Crippen molar-refractivity contribution in [3.8, 4) is 17.1 Å². The van der Waals surface area contributed by atoms with Crippen LogP contribution in [0.15, 0.2) is 72.8 Å². The summed E-state index contributed by atoms with van der Waals surface area (Å²) in [6.45, 7) is 7.91. The Kier molecular flexibility index (Phi) is 6.08. The molecule has 1 aliphatic rings. The van der Waals surface area contributed by atoms with Gasteiger partial charge in [-0.15, -0.1) is 0 Å². The second kappa shape index (κ2) is 9.45. The second-order valence-corrected chi connectivity index (χ2v) is 8.30. The number of rotatable bonds is 7. The maximum atomic E-state index is 5.87. The lowest BCUT2D eigenvalue weighted by Crippen LogP contribution is -2.47. The molecular weight excluding hydrogens is 396 g/mol. The van der Waals surface area contributed by atoms with E-state index in [0.29, 0.717) is 0 Å². The second-order valence-electron chi connectivity index (χ2n) is 8.30. The normalized spacial score (nSPS) is 14.7. The zero-order chi connectivity index (χ0) is 21.8. The minimum absolute atomic E-state index is 0.721. The van der Waals surface area contributed by atoms with E-state index < -0.39 is 0 Å². The molecule has 5 nitrogen and oxygen atoms in total. The van der Waals surface area contributed by atoms with Gasteiger partial charge < -0.3 is 14.6 Å². The monoisotopic (exact) mass is 426 g/mol. The number of H-pyrrole nitrogens is 1. The minimum Gasteiger partial charge on any atom is -0.492 e. The fraction of sp³-hybridized carbons (Fsp3) is 0.296. The Morgan fingerprint density at radius 3 is 2.41 bits per heavy atom. The molecule has 1 fully saturated rings. The Labute approximate surface area is 189 Å². The highest BCUT2D eigenvalue weighted by atomic mass is 16.5. The van der Waals surface area contributed by atoms with Crippen LogP contribution in [-0.4, -0.2) is 54.2 Å². The highest BCUT2D eigenvalue weighted by Crippen LogP contribution is 2.29. The summed E-state index contributed by atoms with van der Waals surface area (Å²) in [5.41, 5.74) is 5.85. The highest BCUT2D eigenvalue weighted by Gasteiger charge is 2.20. The molecule has 32 heavy (non-hydrogen) atoms. The van der Waals surface area contributed by atoms with Gasteiger partial charge in [0.1, 0.15) is 23.7 Å². The van der Waals surface area contributed by atoms with Crippen molar-refractivity contribution in [1.29, 1.82) is 0 Å². The molecule has 3 aromatic carbocycles. The number of imidazole rings is 1. The predicted octanol–water partition coefficient (Wildman–Crippen LogP) is 4.99. The molecule has 0 spiro atoms. The van der Waals surface area contributed by atoms with Crippen molar-refractivity contribution in [3.05, 3.63) is 78.4 Å². The average molecular weight is 427 g/mol. The van der Waals surface area contributed by atoms with E-state index in [1.165, 1.54) is 11.3 Å². The number of ether oxygens (including phenoxy) is 1. The van der Waals surface area contributed by atoms with Crippen molar-refractivity contribution >= 4 is 16.7 Å². The zero-order valence-corrected chi connectivity index (χ0v) is 18.6. The number of benzene rings is 3. The number of piperazine rings is 1. The number of para-hydroxylation sites is 2. The number of nitrogens with one attached hydrogen (secondary N) is 1. The first-order chi connectivity index (χ1) is 15.8. The van der Waals surface area contributed by atoms with Gasteiger partial charge in [-0.3, -0.25) is 4.90 Å². The van der Waals surface area contributed by atoms with Crippen molar-refractivity contribution in [3.63, 3.8) is 0 Å². The van der Waals surface area contributed by atoms with Gasteiger partial charge in [0.25, 0.3) is 0 Å². The first kappa shape index (κ1) is 20.6. The molecule has 1 N–H and O–H groups in total. The van der Waals surface area contributed by atoms with E-state index in [0.717, 1.165) is 73.9 Å². The third-order valence-electron chi connectivity index (χ3n) is 6.26. The molecule has 0 aliphatic carbocycles. The molecule has 1 saturated heterocycles. The summed E-state index contributed by atoms with van der Waals surface area (Å²) in [5.74, 6) is 1.88. The summed E-state index contributed by atoms with van der Waals surface area (Å²) < 4.78 is 5.87. The van der Waals surface area contributed by atoms with Crippen LogP contribution in [0.2, 0.25) is 0 Å². The third kappa shape index (κ3) is 4.48. The molecule has 2 heterocycles. The predicted molar refractivity (Wildman–Crippen MR) is 131 cm³/mol. The maximum Gasteiger partial charge on any atom is 0.138 e. The lowest BCUT2D eigenvalue weighted by Gasteiger charge is -2.36. The van der Waals surface area contributed by atoms with Crippen molar-refractivity contribution in [2.24, 2.45) is 0 Å². The van der Waals surface area contributed by atoms with E-state index in [9.17, 15) is 0 Å². The SMILES string of the molecule is CCc1ccc(-c2nc3c(N4CCN(CCOc5ccccc5)CC4)cccc3[nH]2)cc1. The summed E-state index contributed by atoms with van der Waals surface area (Å²) >= 11 is 0. The number of fused-ring (bicyclic) bond motifs is 1. The Morgan fingerprint density at radius 2 is 1.66 bits per heavy atom. The van der Waals surface area contributed by atoms with Gasteiger partial charge in [0.15, 0.2) is 0 Å². The quantitative estimate of drug-likeness (QED) is 0.452. The number of hydrogen-bond donors (Lipinski definition) is 1. The number of nitrogens with zero attached hydrogens (tertiary/aromatic N) is 3. The van der Waals surface area contributed by atoms with E-state index in [1.54, 1.807) is 0 Å². The first-order valence-electron chi connectivity index (χ1n) is 11.5. The van der Waals surface area contributed by atoms with Crippen molar-refractivity contribution in [2.45, 2.75) is 13.3 Å². The first-order valence-corrected chi connectivity index (χ1v) is 11.5. The van der Waals surface area contributed by atoms with Gasteiger partial charge in [0.05, 0.1) is 11.2 Å². The van der Waals surface area contributed by atoms with Crippen LogP contribution in [0, 0.1) is 0 Å². The van der Waals surface area contributed by atoms with Crippen LogP contribution < -0.4 is 9.64 Å². The van der Waals surface area contributed by atoms with Gasteiger partial charge in [-0.2, -0.15) is 0 Å². The number of anilines is 1. The number of aromatic nitrogens is 2. The molecule has 1 aromatic heterocycles. The standard InChI is InChI=1S/C27H30N4O/c1-2-21-11-13-22(14-12-21)27-28-24-9-6-10-25(26(24)29-27)31-17-15-30(16-18-31)19-20-32-23-7-4-3-5-8-23/h3-14H,2,15-20H2,1H3,(H,28,29). The van der Waals surface area contributed by atoms with Crippen molar-refractivity contribution < 1.29 is 4.74 Å². The Hall–Kier alpha value is -3.31. The van der Waals surface area contributed by atoms with Crippen LogP contribution in [0.3, 0.4) is 0 Å². The molecule has 0 amide bonds. The summed E-state index contributed by atoms with van der Waals surface area (Å²) in [7, 11) is 0. The molecule has 1 aliphatic heterocycles. The zero-order valence-electron chi connectivity index (χ0n) is 18.6. The summed E-state index contributed by atoms with van der Waals surface area (Å²) in [6.07, 6.45) is 1.05.